The summed E-state index contributed by atoms with van der Waals surface area (Å²) in [6, 6.07) is 6.29. The Morgan fingerprint density at radius 3 is 2.90 bits per heavy atom. The largest absolute Gasteiger partial charge is 0.398 e. The second-order valence-electron chi connectivity index (χ2n) is 5.71. The molecule has 1 heterocycles. The van der Waals surface area contributed by atoms with Gasteiger partial charge < -0.3 is 5.73 Å². The van der Waals surface area contributed by atoms with Gasteiger partial charge in [-0.15, -0.1) is 5.10 Å². The number of nitrogens with zero attached hydrogens (tertiary/aromatic N) is 4. The highest BCUT2D eigenvalue weighted by Gasteiger charge is 2.28. The molecule has 1 aliphatic rings. The zero-order valence-electron chi connectivity index (χ0n) is 12.1. The maximum absolute atomic E-state index is 6.00. The number of rotatable bonds is 5. The average Bonchev–Trinajstić information content (AvgIpc) is 3.14. The van der Waals surface area contributed by atoms with Gasteiger partial charge in [0.05, 0.1) is 6.04 Å². The van der Waals surface area contributed by atoms with E-state index >= 15 is 0 Å². The van der Waals surface area contributed by atoms with Crippen molar-refractivity contribution >= 4 is 5.69 Å². The maximum Gasteiger partial charge on any atom is 0.182 e. The number of nitrogen functional groups attached to an aromatic ring is 1. The molecule has 3 rings (SSSR count). The minimum absolute atomic E-state index is 0.383. The van der Waals surface area contributed by atoms with Crippen LogP contribution >= 0.6 is 0 Å². The van der Waals surface area contributed by atoms with Crippen LogP contribution in [0.3, 0.4) is 0 Å². The lowest BCUT2D eigenvalue weighted by molar-refractivity contribution is 0.388. The van der Waals surface area contributed by atoms with Crippen LogP contribution in [-0.2, 0) is 0 Å². The van der Waals surface area contributed by atoms with Crippen molar-refractivity contribution in [2.24, 2.45) is 5.92 Å². The molecule has 0 spiro atoms. The SMILES string of the molecule is CCC(CC1CC1)n1nnnc1-c1cccc(N)c1C. The van der Waals surface area contributed by atoms with Crippen molar-refractivity contribution in [1.82, 2.24) is 20.2 Å². The third-order valence-electron chi connectivity index (χ3n) is 4.23. The van der Waals surface area contributed by atoms with Crippen LogP contribution in [0.4, 0.5) is 5.69 Å². The fourth-order valence-electron chi connectivity index (χ4n) is 2.69. The third kappa shape index (κ3) is 2.40. The van der Waals surface area contributed by atoms with Crippen molar-refractivity contribution in [2.75, 3.05) is 5.73 Å². The van der Waals surface area contributed by atoms with Crippen molar-refractivity contribution < 1.29 is 0 Å². The summed E-state index contributed by atoms with van der Waals surface area (Å²) >= 11 is 0. The minimum atomic E-state index is 0.383. The maximum atomic E-state index is 6.00. The van der Waals surface area contributed by atoms with Crippen molar-refractivity contribution in [3.8, 4) is 11.4 Å². The van der Waals surface area contributed by atoms with E-state index in [0.717, 1.165) is 35.0 Å². The lowest BCUT2D eigenvalue weighted by Crippen LogP contribution is -2.13. The molecule has 5 nitrogen and oxygen atoms in total. The first-order valence-electron chi connectivity index (χ1n) is 7.34. The third-order valence-corrected chi connectivity index (χ3v) is 4.23. The molecule has 5 heteroatoms. The van der Waals surface area contributed by atoms with Crippen LogP contribution in [0, 0.1) is 12.8 Å². The summed E-state index contributed by atoms with van der Waals surface area (Å²) < 4.78 is 1.99. The zero-order valence-corrected chi connectivity index (χ0v) is 12.1. The molecule has 1 unspecified atom stereocenters. The van der Waals surface area contributed by atoms with E-state index in [0.29, 0.717) is 6.04 Å². The molecule has 1 atom stereocenters. The van der Waals surface area contributed by atoms with Crippen LogP contribution in [-0.4, -0.2) is 20.2 Å². The van der Waals surface area contributed by atoms with Crippen LogP contribution in [0.5, 0.6) is 0 Å². The molecule has 1 aliphatic carbocycles. The second kappa shape index (κ2) is 5.23. The molecule has 1 saturated carbocycles. The minimum Gasteiger partial charge on any atom is -0.398 e. The van der Waals surface area contributed by atoms with Crippen molar-refractivity contribution in [3.63, 3.8) is 0 Å². The molecule has 20 heavy (non-hydrogen) atoms. The lowest BCUT2D eigenvalue weighted by Gasteiger charge is -2.17. The highest BCUT2D eigenvalue weighted by Crippen LogP contribution is 2.38. The van der Waals surface area contributed by atoms with Crippen molar-refractivity contribution in [1.29, 1.82) is 0 Å². The van der Waals surface area contributed by atoms with Crippen LogP contribution < -0.4 is 5.73 Å². The van der Waals surface area contributed by atoms with Gasteiger partial charge in [0.2, 0.25) is 0 Å². The first kappa shape index (κ1) is 13.1. The Morgan fingerprint density at radius 1 is 1.40 bits per heavy atom. The van der Waals surface area contributed by atoms with Crippen LogP contribution in [0.1, 0.15) is 44.2 Å². The van der Waals surface area contributed by atoms with Gasteiger partial charge in [0.1, 0.15) is 0 Å². The van der Waals surface area contributed by atoms with Crippen molar-refractivity contribution in [2.45, 2.75) is 45.6 Å². The van der Waals surface area contributed by atoms with E-state index in [2.05, 4.69) is 22.4 Å². The molecule has 1 aromatic heterocycles. The Labute approximate surface area is 119 Å². The quantitative estimate of drug-likeness (QED) is 0.849. The second-order valence-corrected chi connectivity index (χ2v) is 5.71. The summed E-state index contributed by atoms with van der Waals surface area (Å²) in [5.74, 6) is 1.70. The molecule has 2 N–H and O–H groups in total. The predicted octanol–water partition coefficient (Wildman–Crippen LogP) is 2.98. The molecular weight excluding hydrogens is 250 g/mol. The highest BCUT2D eigenvalue weighted by molar-refractivity contribution is 5.67. The molecule has 2 aromatic rings. The lowest BCUT2D eigenvalue weighted by atomic mass is 10.0. The van der Waals surface area contributed by atoms with Gasteiger partial charge in [-0.2, -0.15) is 0 Å². The normalized spacial score (nSPS) is 16.3. The van der Waals surface area contributed by atoms with Crippen molar-refractivity contribution in [3.05, 3.63) is 23.8 Å². The highest BCUT2D eigenvalue weighted by atomic mass is 15.5. The molecule has 0 saturated heterocycles. The predicted molar refractivity (Wildman–Crippen MR) is 79.1 cm³/mol. The molecule has 0 bridgehead atoms. The Morgan fingerprint density at radius 2 is 2.20 bits per heavy atom. The van der Waals surface area contributed by atoms with E-state index in [1.165, 1.54) is 19.3 Å². The number of benzene rings is 1. The van der Waals surface area contributed by atoms with Gasteiger partial charge in [0, 0.05) is 11.3 Å². The summed E-state index contributed by atoms with van der Waals surface area (Å²) in [5.41, 5.74) is 8.86. The Balaban J connectivity index is 1.98. The van der Waals surface area contributed by atoms with Gasteiger partial charge in [-0.25, -0.2) is 4.68 Å². The van der Waals surface area contributed by atoms with Gasteiger partial charge in [0.15, 0.2) is 5.82 Å². The summed E-state index contributed by atoms with van der Waals surface area (Å²) in [4.78, 5) is 0. The molecule has 0 radical (unpaired) electrons. The monoisotopic (exact) mass is 271 g/mol. The number of aromatic nitrogens is 4. The summed E-state index contributed by atoms with van der Waals surface area (Å²) in [6.45, 7) is 4.22. The number of hydrogen-bond donors (Lipinski definition) is 1. The van der Waals surface area contributed by atoms with E-state index in [9.17, 15) is 0 Å². The zero-order chi connectivity index (χ0) is 14.1. The van der Waals surface area contributed by atoms with E-state index in [-0.39, 0.29) is 0 Å². The number of anilines is 1. The van der Waals surface area contributed by atoms with E-state index < -0.39 is 0 Å². The Hall–Kier alpha value is -1.91. The Kier molecular flexibility index (Phi) is 3.42. The summed E-state index contributed by atoms with van der Waals surface area (Å²) in [5, 5.41) is 12.3. The van der Waals surface area contributed by atoms with Crippen LogP contribution in [0.25, 0.3) is 11.4 Å². The van der Waals surface area contributed by atoms with Gasteiger partial charge >= 0.3 is 0 Å². The van der Waals surface area contributed by atoms with E-state index in [1.54, 1.807) is 0 Å². The molecular formula is C15H21N5. The van der Waals surface area contributed by atoms with Gasteiger partial charge in [-0.3, -0.25) is 0 Å². The summed E-state index contributed by atoms with van der Waals surface area (Å²) in [7, 11) is 0. The van der Waals surface area contributed by atoms with Crippen LogP contribution in [0.15, 0.2) is 18.2 Å². The fraction of sp³-hybridized carbons (Fsp3) is 0.533. The fourth-order valence-corrected chi connectivity index (χ4v) is 2.69. The number of tetrazole rings is 1. The first-order valence-corrected chi connectivity index (χ1v) is 7.34. The van der Waals surface area contributed by atoms with Gasteiger partial charge in [-0.1, -0.05) is 31.9 Å². The Bertz CT molecular complexity index is 600. The molecule has 1 fully saturated rings. The van der Waals surface area contributed by atoms with E-state index in [1.807, 2.05) is 29.8 Å². The standard InChI is InChI=1S/C15H21N5/c1-3-12(9-11-7-8-11)20-15(17-18-19-20)13-5-4-6-14(16)10(13)2/h4-6,11-12H,3,7-9,16H2,1-2H3. The topological polar surface area (TPSA) is 69.6 Å². The number of hydrogen-bond acceptors (Lipinski definition) is 4. The molecule has 1 aromatic carbocycles. The average molecular weight is 271 g/mol. The number of nitrogens with two attached hydrogens (primary N) is 1. The molecule has 0 aliphatic heterocycles. The molecule has 0 amide bonds. The first-order chi connectivity index (χ1) is 9.70. The van der Waals surface area contributed by atoms with Gasteiger partial charge in [0.25, 0.3) is 0 Å². The van der Waals surface area contributed by atoms with E-state index in [4.69, 9.17) is 5.73 Å². The summed E-state index contributed by atoms with van der Waals surface area (Å²) in [6.07, 6.45) is 4.93. The smallest absolute Gasteiger partial charge is 0.182 e. The molecule has 106 valence electrons. The van der Waals surface area contributed by atoms with Crippen LogP contribution in [0.2, 0.25) is 0 Å². The van der Waals surface area contributed by atoms with Gasteiger partial charge in [-0.05, 0) is 47.7 Å².